The number of carbonyl (C=O) groups is 1. The minimum absolute atomic E-state index is 0.0285. The number of benzene rings is 1. The second-order valence-corrected chi connectivity index (χ2v) is 6.03. The number of aromatic nitrogens is 2. The predicted molar refractivity (Wildman–Crippen MR) is 91.9 cm³/mol. The van der Waals surface area contributed by atoms with E-state index in [2.05, 4.69) is 32.5 Å². The molecule has 0 spiro atoms. The Hall–Kier alpha value is -2.34. The van der Waals surface area contributed by atoms with Gasteiger partial charge in [-0.1, -0.05) is 30.3 Å². The van der Waals surface area contributed by atoms with Crippen LogP contribution in [0.2, 0.25) is 0 Å². The lowest BCUT2D eigenvalue weighted by molar-refractivity contribution is 0.194. The number of hydrogen-bond acceptors (Lipinski definition) is 3. The lowest BCUT2D eigenvalue weighted by Gasteiger charge is -2.24. The summed E-state index contributed by atoms with van der Waals surface area (Å²) in [4.78, 5) is 12.0. The van der Waals surface area contributed by atoms with Gasteiger partial charge in [0, 0.05) is 24.9 Å². The number of urea groups is 1. The van der Waals surface area contributed by atoms with Crippen LogP contribution in [0.1, 0.15) is 35.7 Å². The third-order valence-corrected chi connectivity index (χ3v) is 4.34. The van der Waals surface area contributed by atoms with Crippen molar-refractivity contribution in [3.8, 4) is 0 Å². The van der Waals surface area contributed by atoms with E-state index in [9.17, 15) is 4.79 Å². The number of fused-ring (bicyclic) bond motifs is 1. The fraction of sp³-hybridized carbons (Fsp3) is 0.444. The van der Waals surface area contributed by atoms with Gasteiger partial charge in [0.25, 0.3) is 0 Å². The highest BCUT2D eigenvalue weighted by molar-refractivity contribution is 5.74. The van der Waals surface area contributed by atoms with Gasteiger partial charge < -0.3 is 15.4 Å². The lowest BCUT2D eigenvalue weighted by atomic mass is 9.93. The summed E-state index contributed by atoms with van der Waals surface area (Å²) in [5.41, 5.74) is 3.60. The monoisotopic (exact) mass is 328 g/mol. The second kappa shape index (κ2) is 7.97. The molecule has 6 heteroatoms. The summed E-state index contributed by atoms with van der Waals surface area (Å²) >= 11 is 0. The summed E-state index contributed by atoms with van der Waals surface area (Å²) in [5, 5.41) is 10.4. The lowest BCUT2D eigenvalue weighted by Crippen LogP contribution is -2.40. The molecule has 1 aliphatic carbocycles. The molecule has 1 aliphatic rings. The van der Waals surface area contributed by atoms with Crippen molar-refractivity contribution in [1.29, 1.82) is 0 Å². The first kappa shape index (κ1) is 16.5. The standard InChI is InChI=1S/C18H24N4O2/c1-24-11-10-19-18(23)21-16-8-5-9-17-15(16)12-20-22(17)13-14-6-3-2-4-7-14/h2-4,6-7,12,16H,5,8-11,13H2,1H3,(H2,19,21,23)/t16-/m1/s1. The smallest absolute Gasteiger partial charge is 0.315 e. The van der Waals surface area contributed by atoms with E-state index >= 15 is 0 Å². The maximum Gasteiger partial charge on any atom is 0.315 e. The molecule has 0 fully saturated rings. The van der Waals surface area contributed by atoms with Crippen molar-refractivity contribution >= 4 is 6.03 Å². The minimum atomic E-state index is -0.152. The Balaban J connectivity index is 1.67. The zero-order valence-electron chi connectivity index (χ0n) is 14.0. The van der Waals surface area contributed by atoms with Crippen molar-refractivity contribution in [1.82, 2.24) is 20.4 Å². The van der Waals surface area contributed by atoms with Gasteiger partial charge in [0.1, 0.15) is 0 Å². The normalized spacial score (nSPS) is 16.5. The van der Waals surface area contributed by atoms with Crippen molar-refractivity contribution in [3.05, 3.63) is 53.3 Å². The molecule has 2 amide bonds. The van der Waals surface area contributed by atoms with Crippen LogP contribution in [0.15, 0.2) is 36.5 Å². The van der Waals surface area contributed by atoms with E-state index in [1.54, 1.807) is 7.11 Å². The van der Waals surface area contributed by atoms with Crippen LogP contribution in [0.3, 0.4) is 0 Å². The van der Waals surface area contributed by atoms with Crippen molar-refractivity contribution in [3.63, 3.8) is 0 Å². The van der Waals surface area contributed by atoms with Gasteiger partial charge in [-0.25, -0.2) is 4.79 Å². The van der Waals surface area contributed by atoms with Gasteiger partial charge in [-0.05, 0) is 24.8 Å². The number of methoxy groups -OCH3 is 1. The Bertz CT molecular complexity index is 669. The molecule has 1 aromatic carbocycles. The van der Waals surface area contributed by atoms with E-state index in [0.29, 0.717) is 13.2 Å². The largest absolute Gasteiger partial charge is 0.383 e. The molecular weight excluding hydrogens is 304 g/mol. The number of ether oxygens (including phenoxy) is 1. The molecule has 1 atom stereocenters. The Morgan fingerprint density at radius 2 is 2.21 bits per heavy atom. The molecular formula is C18H24N4O2. The quantitative estimate of drug-likeness (QED) is 0.799. The van der Waals surface area contributed by atoms with Crippen LogP contribution in [-0.4, -0.2) is 36.1 Å². The summed E-state index contributed by atoms with van der Waals surface area (Å²) in [7, 11) is 1.62. The summed E-state index contributed by atoms with van der Waals surface area (Å²) < 4.78 is 7.00. The van der Waals surface area contributed by atoms with Gasteiger partial charge in [0.05, 0.1) is 25.4 Å². The van der Waals surface area contributed by atoms with Crippen LogP contribution in [-0.2, 0) is 17.7 Å². The van der Waals surface area contributed by atoms with E-state index in [1.165, 1.54) is 11.3 Å². The topological polar surface area (TPSA) is 68.2 Å². The van der Waals surface area contributed by atoms with Crippen LogP contribution in [0.5, 0.6) is 0 Å². The number of nitrogens with zero attached hydrogens (tertiary/aromatic N) is 2. The molecule has 1 aromatic heterocycles. The SMILES string of the molecule is COCCNC(=O)N[C@@H]1CCCc2c1cnn2Cc1ccccc1. The number of carbonyl (C=O) groups excluding carboxylic acids is 1. The highest BCUT2D eigenvalue weighted by Gasteiger charge is 2.25. The van der Waals surface area contributed by atoms with Crippen LogP contribution in [0.4, 0.5) is 4.79 Å². The molecule has 0 aliphatic heterocycles. The maximum atomic E-state index is 12.0. The van der Waals surface area contributed by atoms with E-state index in [1.807, 2.05) is 24.4 Å². The average molecular weight is 328 g/mol. The molecule has 0 saturated carbocycles. The number of nitrogens with one attached hydrogen (secondary N) is 2. The van der Waals surface area contributed by atoms with Crippen LogP contribution >= 0.6 is 0 Å². The third-order valence-electron chi connectivity index (χ3n) is 4.34. The van der Waals surface area contributed by atoms with Crippen LogP contribution in [0.25, 0.3) is 0 Å². The molecule has 128 valence electrons. The van der Waals surface area contributed by atoms with E-state index in [4.69, 9.17) is 4.74 Å². The molecule has 24 heavy (non-hydrogen) atoms. The number of rotatable bonds is 6. The zero-order chi connectivity index (χ0) is 16.8. The first-order valence-corrected chi connectivity index (χ1v) is 8.39. The Labute approximate surface area is 142 Å². The van der Waals surface area contributed by atoms with Gasteiger partial charge in [-0.3, -0.25) is 4.68 Å². The molecule has 2 N–H and O–H groups in total. The van der Waals surface area contributed by atoms with Crippen LogP contribution < -0.4 is 10.6 Å². The molecule has 0 bridgehead atoms. The van der Waals surface area contributed by atoms with Crippen molar-refractivity contribution in [2.45, 2.75) is 31.8 Å². The van der Waals surface area contributed by atoms with Gasteiger partial charge in [0.2, 0.25) is 0 Å². The van der Waals surface area contributed by atoms with Crippen LogP contribution in [0, 0.1) is 0 Å². The van der Waals surface area contributed by atoms with Gasteiger partial charge in [-0.2, -0.15) is 5.10 Å². The molecule has 3 rings (SSSR count). The van der Waals surface area contributed by atoms with E-state index < -0.39 is 0 Å². The molecule has 0 unspecified atom stereocenters. The highest BCUT2D eigenvalue weighted by Crippen LogP contribution is 2.29. The summed E-state index contributed by atoms with van der Waals surface area (Å²) in [5.74, 6) is 0. The Kier molecular flexibility index (Phi) is 5.48. The Morgan fingerprint density at radius 1 is 1.38 bits per heavy atom. The zero-order valence-corrected chi connectivity index (χ0v) is 14.0. The molecule has 6 nitrogen and oxygen atoms in total. The van der Waals surface area contributed by atoms with E-state index in [-0.39, 0.29) is 12.1 Å². The molecule has 2 aromatic rings. The molecule has 0 saturated heterocycles. The van der Waals surface area contributed by atoms with Crippen molar-refractivity contribution in [2.24, 2.45) is 0 Å². The number of hydrogen-bond donors (Lipinski definition) is 2. The molecule has 0 radical (unpaired) electrons. The van der Waals surface area contributed by atoms with Gasteiger partial charge >= 0.3 is 6.03 Å². The first-order chi connectivity index (χ1) is 11.8. The second-order valence-electron chi connectivity index (χ2n) is 6.03. The maximum absolute atomic E-state index is 12.0. The summed E-state index contributed by atoms with van der Waals surface area (Å²) in [6.45, 7) is 1.79. The minimum Gasteiger partial charge on any atom is -0.383 e. The summed E-state index contributed by atoms with van der Waals surface area (Å²) in [6, 6.07) is 10.2. The van der Waals surface area contributed by atoms with E-state index in [0.717, 1.165) is 31.4 Å². The number of amides is 2. The summed E-state index contributed by atoms with van der Waals surface area (Å²) in [6.07, 6.45) is 4.90. The third kappa shape index (κ3) is 3.94. The van der Waals surface area contributed by atoms with Crippen molar-refractivity contribution in [2.75, 3.05) is 20.3 Å². The fourth-order valence-electron chi connectivity index (χ4n) is 3.14. The molecule has 1 heterocycles. The Morgan fingerprint density at radius 3 is 3.00 bits per heavy atom. The fourth-order valence-corrected chi connectivity index (χ4v) is 3.14. The predicted octanol–water partition coefficient (Wildman–Crippen LogP) is 2.25. The highest BCUT2D eigenvalue weighted by atomic mass is 16.5. The first-order valence-electron chi connectivity index (χ1n) is 8.39. The van der Waals surface area contributed by atoms with Crippen molar-refractivity contribution < 1.29 is 9.53 Å². The average Bonchev–Trinajstić information content (AvgIpc) is 3.00. The van der Waals surface area contributed by atoms with Gasteiger partial charge in [-0.15, -0.1) is 0 Å². The van der Waals surface area contributed by atoms with Gasteiger partial charge in [0.15, 0.2) is 0 Å².